The van der Waals surface area contributed by atoms with Crippen molar-refractivity contribution in [3.63, 3.8) is 0 Å². The number of amides is 1. The van der Waals surface area contributed by atoms with Gasteiger partial charge in [-0.2, -0.15) is 0 Å². The fourth-order valence-corrected chi connectivity index (χ4v) is 6.00. The highest BCUT2D eigenvalue weighted by atomic mass is 28.3. The van der Waals surface area contributed by atoms with E-state index in [9.17, 15) is 14.7 Å². The molecular formula is C36H48N4O5Si. The third-order valence-corrected chi connectivity index (χ3v) is 9.58. The SMILES string of the molecule is CCOC(=O)CC(CCCO)c1ccc(NC(=O)Cc2ccc3nc(Nc4ccccc4C)n(COCC[Si](C)(C)C)c3c2)cc1. The lowest BCUT2D eigenvalue weighted by atomic mass is 9.91. The number of carbonyl (C=O) groups is 2. The highest BCUT2D eigenvalue weighted by Gasteiger charge is 2.18. The Morgan fingerprint density at radius 3 is 2.50 bits per heavy atom. The largest absolute Gasteiger partial charge is 0.466 e. The van der Waals surface area contributed by atoms with E-state index in [2.05, 4.69) is 43.3 Å². The number of ether oxygens (including phenoxy) is 2. The lowest BCUT2D eigenvalue weighted by Crippen LogP contribution is -2.22. The minimum absolute atomic E-state index is 0.0581. The number of hydrogen-bond donors (Lipinski definition) is 3. The number of para-hydroxylation sites is 1. The van der Waals surface area contributed by atoms with Gasteiger partial charge in [-0.1, -0.05) is 56.0 Å². The predicted molar refractivity (Wildman–Crippen MR) is 187 cm³/mol. The van der Waals surface area contributed by atoms with Gasteiger partial charge in [-0.15, -0.1) is 0 Å². The number of aliphatic hydroxyl groups excluding tert-OH is 1. The molecule has 0 aliphatic carbocycles. The number of esters is 1. The molecule has 1 heterocycles. The van der Waals surface area contributed by atoms with Gasteiger partial charge in [-0.25, -0.2) is 4.98 Å². The number of benzene rings is 3. The second-order valence-electron chi connectivity index (χ2n) is 12.9. The third-order valence-electron chi connectivity index (χ3n) is 7.88. The van der Waals surface area contributed by atoms with Crippen molar-refractivity contribution >= 4 is 48.3 Å². The third kappa shape index (κ3) is 10.3. The molecule has 3 N–H and O–H groups in total. The van der Waals surface area contributed by atoms with Gasteiger partial charge < -0.3 is 25.2 Å². The summed E-state index contributed by atoms with van der Waals surface area (Å²) in [5.41, 5.74) is 6.33. The van der Waals surface area contributed by atoms with Gasteiger partial charge >= 0.3 is 5.97 Å². The van der Waals surface area contributed by atoms with Crippen LogP contribution in [-0.2, 0) is 32.2 Å². The first-order valence-electron chi connectivity index (χ1n) is 16.1. The van der Waals surface area contributed by atoms with Gasteiger partial charge in [0, 0.05) is 32.7 Å². The normalized spacial score (nSPS) is 12.2. The number of aryl methyl sites for hydroxylation is 1. The first-order chi connectivity index (χ1) is 22.1. The Balaban J connectivity index is 1.48. The number of aromatic nitrogens is 2. The van der Waals surface area contributed by atoms with Crippen molar-refractivity contribution in [2.75, 3.05) is 30.5 Å². The van der Waals surface area contributed by atoms with Crippen LogP contribution in [0.1, 0.15) is 48.8 Å². The summed E-state index contributed by atoms with van der Waals surface area (Å²) in [5.74, 6) is 0.250. The molecule has 9 nitrogen and oxygen atoms in total. The van der Waals surface area contributed by atoms with Gasteiger partial charge in [0.05, 0.1) is 30.5 Å². The van der Waals surface area contributed by atoms with Crippen LogP contribution in [0, 0.1) is 6.92 Å². The standard InChI is InChI=1S/C36H48N4O5Si/c1-6-45-35(43)24-29(11-9-19-41)28-14-16-30(17-15-28)37-34(42)23-27-13-18-32-33(22-27)40(25-44-20-21-46(3,4)5)36(39-32)38-31-12-8-7-10-26(31)2/h7-8,10,12-18,22,29,41H,6,9,11,19-21,23-25H2,1-5H3,(H,37,42)(H,38,39). The predicted octanol–water partition coefficient (Wildman–Crippen LogP) is 7.39. The average Bonchev–Trinajstić information content (AvgIpc) is 3.34. The van der Waals surface area contributed by atoms with E-state index in [0.29, 0.717) is 44.4 Å². The van der Waals surface area contributed by atoms with Crippen LogP contribution in [0.5, 0.6) is 0 Å². The summed E-state index contributed by atoms with van der Waals surface area (Å²) in [6.07, 6.45) is 1.72. The number of fused-ring (bicyclic) bond motifs is 1. The number of carbonyl (C=O) groups excluding carboxylic acids is 2. The first kappa shape index (κ1) is 34.9. The van der Waals surface area contributed by atoms with E-state index in [1.54, 1.807) is 6.92 Å². The Labute approximate surface area is 273 Å². The van der Waals surface area contributed by atoms with Crippen LogP contribution in [-0.4, -0.2) is 54.4 Å². The summed E-state index contributed by atoms with van der Waals surface area (Å²) in [4.78, 5) is 30.1. The van der Waals surface area contributed by atoms with E-state index in [-0.39, 0.29) is 37.2 Å². The maximum atomic E-state index is 13.1. The van der Waals surface area contributed by atoms with Gasteiger partial charge in [0.25, 0.3) is 0 Å². The maximum absolute atomic E-state index is 13.1. The van der Waals surface area contributed by atoms with E-state index in [0.717, 1.165) is 39.5 Å². The molecule has 4 aromatic rings. The van der Waals surface area contributed by atoms with Crippen LogP contribution in [0.15, 0.2) is 66.7 Å². The zero-order chi connectivity index (χ0) is 33.1. The van der Waals surface area contributed by atoms with Crippen LogP contribution in [0.2, 0.25) is 25.7 Å². The van der Waals surface area contributed by atoms with Gasteiger partial charge in [0.15, 0.2) is 0 Å². The van der Waals surface area contributed by atoms with Crippen molar-refractivity contribution in [2.45, 2.75) is 77.9 Å². The van der Waals surface area contributed by atoms with E-state index in [1.807, 2.05) is 65.2 Å². The molecule has 46 heavy (non-hydrogen) atoms. The molecule has 0 radical (unpaired) electrons. The molecule has 1 atom stereocenters. The van der Waals surface area contributed by atoms with Crippen LogP contribution >= 0.6 is 0 Å². The second kappa shape index (κ2) is 16.5. The summed E-state index contributed by atoms with van der Waals surface area (Å²) in [7, 11) is -1.24. The lowest BCUT2D eigenvalue weighted by molar-refractivity contribution is -0.143. The number of anilines is 3. The molecular weight excluding hydrogens is 597 g/mol. The van der Waals surface area contributed by atoms with Crippen LogP contribution in [0.25, 0.3) is 11.0 Å². The molecule has 0 saturated heterocycles. The minimum Gasteiger partial charge on any atom is -0.466 e. The molecule has 1 aromatic heterocycles. The second-order valence-corrected chi connectivity index (χ2v) is 18.5. The van der Waals surface area contributed by atoms with Gasteiger partial charge in [-0.3, -0.25) is 14.2 Å². The topological polar surface area (TPSA) is 115 Å². The number of aliphatic hydroxyl groups is 1. The molecule has 0 saturated carbocycles. The van der Waals surface area contributed by atoms with Gasteiger partial charge in [0.1, 0.15) is 6.73 Å². The zero-order valence-electron chi connectivity index (χ0n) is 27.8. The quantitative estimate of drug-likeness (QED) is 0.0624. The van der Waals surface area contributed by atoms with Crippen molar-refractivity contribution in [3.05, 3.63) is 83.4 Å². The summed E-state index contributed by atoms with van der Waals surface area (Å²) in [6, 6.07) is 22.6. The molecule has 0 fully saturated rings. The summed E-state index contributed by atoms with van der Waals surface area (Å²) < 4.78 is 13.3. The van der Waals surface area contributed by atoms with Crippen molar-refractivity contribution in [1.29, 1.82) is 0 Å². The first-order valence-corrected chi connectivity index (χ1v) is 19.8. The van der Waals surface area contributed by atoms with Crippen LogP contribution in [0.4, 0.5) is 17.3 Å². The molecule has 4 rings (SSSR count). The van der Waals surface area contributed by atoms with Crippen molar-refractivity contribution in [3.8, 4) is 0 Å². The highest BCUT2D eigenvalue weighted by molar-refractivity contribution is 6.76. The number of nitrogens with zero attached hydrogens (tertiary/aromatic N) is 2. The highest BCUT2D eigenvalue weighted by Crippen LogP contribution is 2.28. The monoisotopic (exact) mass is 644 g/mol. The number of hydrogen-bond acceptors (Lipinski definition) is 7. The maximum Gasteiger partial charge on any atom is 0.306 e. The molecule has 246 valence electrons. The lowest BCUT2D eigenvalue weighted by Gasteiger charge is -2.17. The van der Waals surface area contributed by atoms with Crippen molar-refractivity contribution in [1.82, 2.24) is 9.55 Å². The number of imidazole rings is 1. The smallest absolute Gasteiger partial charge is 0.306 e. The molecule has 0 spiro atoms. The van der Waals surface area contributed by atoms with Gasteiger partial charge in [-0.05, 0) is 85.7 Å². The summed E-state index contributed by atoms with van der Waals surface area (Å²) in [6.45, 7) is 12.3. The summed E-state index contributed by atoms with van der Waals surface area (Å²) in [5, 5.41) is 15.8. The van der Waals surface area contributed by atoms with Crippen molar-refractivity contribution < 1.29 is 24.2 Å². The fraction of sp³-hybridized carbons (Fsp3) is 0.417. The Hall–Kier alpha value is -3.99. The Kier molecular flexibility index (Phi) is 12.5. The van der Waals surface area contributed by atoms with E-state index in [1.165, 1.54) is 0 Å². The Morgan fingerprint density at radius 1 is 1.04 bits per heavy atom. The zero-order valence-corrected chi connectivity index (χ0v) is 28.8. The van der Waals surface area contributed by atoms with Gasteiger partial charge in [0.2, 0.25) is 11.9 Å². The minimum atomic E-state index is -1.24. The summed E-state index contributed by atoms with van der Waals surface area (Å²) >= 11 is 0. The number of nitrogens with one attached hydrogen (secondary N) is 2. The van der Waals surface area contributed by atoms with Crippen LogP contribution in [0.3, 0.4) is 0 Å². The Morgan fingerprint density at radius 2 is 1.80 bits per heavy atom. The molecule has 3 aromatic carbocycles. The average molecular weight is 645 g/mol. The molecule has 0 bridgehead atoms. The van der Waals surface area contributed by atoms with E-state index < -0.39 is 8.07 Å². The fourth-order valence-electron chi connectivity index (χ4n) is 5.25. The molecule has 1 unspecified atom stereocenters. The molecule has 10 heteroatoms. The molecule has 1 amide bonds. The van der Waals surface area contributed by atoms with E-state index >= 15 is 0 Å². The van der Waals surface area contributed by atoms with Crippen LogP contribution < -0.4 is 10.6 Å². The number of rotatable bonds is 17. The molecule has 0 aliphatic heterocycles. The molecule has 0 aliphatic rings. The van der Waals surface area contributed by atoms with E-state index in [4.69, 9.17) is 14.5 Å². The Bertz CT molecular complexity index is 1600. The van der Waals surface area contributed by atoms with Crippen molar-refractivity contribution in [2.24, 2.45) is 0 Å².